The van der Waals surface area contributed by atoms with Crippen LogP contribution in [0.1, 0.15) is 15.9 Å². The van der Waals surface area contributed by atoms with E-state index in [1.54, 1.807) is 43.3 Å². The van der Waals surface area contributed by atoms with E-state index in [4.69, 9.17) is 0 Å². The molecule has 2 amide bonds. The predicted octanol–water partition coefficient (Wildman–Crippen LogP) is 2.12. The molecule has 0 heterocycles. The summed E-state index contributed by atoms with van der Waals surface area (Å²) in [5.41, 5.74) is 2.23. The summed E-state index contributed by atoms with van der Waals surface area (Å²) in [4.78, 5) is 25.8. The molecule has 2 N–H and O–H groups in total. The molecule has 2 rings (SSSR count). The third-order valence-corrected chi connectivity index (χ3v) is 3.34. The summed E-state index contributed by atoms with van der Waals surface area (Å²) in [5.74, 6) is -0.228. The highest BCUT2D eigenvalue weighted by Crippen LogP contribution is 2.13. The monoisotopic (exact) mass is 311 g/mol. The van der Waals surface area contributed by atoms with Gasteiger partial charge in [-0.05, 0) is 30.8 Å². The average molecular weight is 311 g/mol. The van der Waals surface area contributed by atoms with Crippen LogP contribution in [-0.2, 0) is 11.3 Å². The minimum atomic E-state index is -0.144. The van der Waals surface area contributed by atoms with Crippen LogP contribution in [-0.4, -0.2) is 37.4 Å². The van der Waals surface area contributed by atoms with Crippen molar-refractivity contribution in [3.8, 4) is 0 Å². The molecule has 5 heteroatoms. The van der Waals surface area contributed by atoms with Gasteiger partial charge >= 0.3 is 0 Å². The Morgan fingerprint density at radius 2 is 1.78 bits per heavy atom. The van der Waals surface area contributed by atoms with Crippen molar-refractivity contribution in [2.45, 2.75) is 6.54 Å². The van der Waals surface area contributed by atoms with Crippen molar-refractivity contribution in [1.82, 2.24) is 10.2 Å². The Bertz CT molecular complexity index is 671. The molecule has 2 aromatic carbocycles. The molecule has 120 valence electrons. The van der Waals surface area contributed by atoms with Gasteiger partial charge < -0.3 is 15.5 Å². The molecule has 0 atom stereocenters. The molecule has 0 unspecified atom stereocenters. The number of carbonyl (C=O) groups excluding carboxylic acids is 2. The standard InChI is InChI=1S/C18H21N3O2/c1-19-12-17(22)20-16-10-6-9-15(11-16)18(23)21(2)13-14-7-4-3-5-8-14/h3-11,19H,12-13H2,1-2H3,(H,20,22). The molecule has 0 aliphatic rings. The number of hydrogen-bond donors (Lipinski definition) is 2. The fraction of sp³-hybridized carbons (Fsp3) is 0.222. The van der Waals surface area contributed by atoms with Crippen molar-refractivity contribution >= 4 is 17.5 Å². The van der Waals surface area contributed by atoms with E-state index in [-0.39, 0.29) is 18.4 Å². The summed E-state index contributed by atoms with van der Waals surface area (Å²) in [6.07, 6.45) is 0. The lowest BCUT2D eigenvalue weighted by Gasteiger charge is -2.18. The molecule has 0 saturated carbocycles. The van der Waals surface area contributed by atoms with Crippen LogP contribution in [0.25, 0.3) is 0 Å². The summed E-state index contributed by atoms with van der Waals surface area (Å²) < 4.78 is 0. The zero-order valence-electron chi connectivity index (χ0n) is 13.4. The van der Waals surface area contributed by atoms with E-state index in [1.807, 2.05) is 30.3 Å². The van der Waals surface area contributed by atoms with Gasteiger partial charge in [-0.2, -0.15) is 0 Å². The first-order valence-electron chi connectivity index (χ1n) is 7.44. The predicted molar refractivity (Wildman–Crippen MR) is 91.2 cm³/mol. The molecule has 0 spiro atoms. The first kappa shape index (κ1) is 16.7. The first-order chi connectivity index (χ1) is 11.1. The second-order valence-corrected chi connectivity index (χ2v) is 5.31. The molecule has 0 bridgehead atoms. The SMILES string of the molecule is CNCC(=O)Nc1cccc(C(=O)N(C)Cc2ccccc2)c1. The molecule has 2 aromatic rings. The van der Waals surface area contributed by atoms with Crippen molar-refractivity contribution in [2.75, 3.05) is 26.0 Å². The maximum atomic E-state index is 12.5. The molecule has 0 aliphatic carbocycles. The topological polar surface area (TPSA) is 61.4 Å². The first-order valence-corrected chi connectivity index (χ1v) is 7.44. The lowest BCUT2D eigenvalue weighted by Crippen LogP contribution is -2.27. The summed E-state index contributed by atoms with van der Waals surface area (Å²) in [6.45, 7) is 0.766. The zero-order chi connectivity index (χ0) is 16.7. The minimum Gasteiger partial charge on any atom is -0.337 e. The molecule has 0 aromatic heterocycles. The summed E-state index contributed by atoms with van der Waals surface area (Å²) >= 11 is 0. The highest BCUT2D eigenvalue weighted by molar-refractivity contribution is 5.97. The Morgan fingerprint density at radius 1 is 1.04 bits per heavy atom. The van der Waals surface area contributed by atoms with Gasteiger partial charge in [0.1, 0.15) is 0 Å². The number of benzene rings is 2. The van der Waals surface area contributed by atoms with Crippen molar-refractivity contribution < 1.29 is 9.59 Å². The van der Waals surface area contributed by atoms with Crippen LogP contribution in [0.2, 0.25) is 0 Å². The number of likely N-dealkylation sites (N-methyl/N-ethyl adjacent to an activating group) is 1. The fourth-order valence-corrected chi connectivity index (χ4v) is 2.25. The largest absolute Gasteiger partial charge is 0.337 e. The van der Waals surface area contributed by atoms with Crippen molar-refractivity contribution in [3.63, 3.8) is 0 Å². The van der Waals surface area contributed by atoms with E-state index in [1.165, 1.54) is 0 Å². The van der Waals surface area contributed by atoms with Crippen molar-refractivity contribution in [3.05, 3.63) is 65.7 Å². The highest BCUT2D eigenvalue weighted by atomic mass is 16.2. The molecule has 23 heavy (non-hydrogen) atoms. The van der Waals surface area contributed by atoms with E-state index in [0.717, 1.165) is 5.56 Å². The van der Waals surface area contributed by atoms with E-state index in [2.05, 4.69) is 10.6 Å². The Morgan fingerprint density at radius 3 is 2.48 bits per heavy atom. The number of carbonyl (C=O) groups is 2. The van der Waals surface area contributed by atoms with Crippen LogP contribution in [0.4, 0.5) is 5.69 Å². The van der Waals surface area contributed by atoms with Gasteiger partial charge in [0.25, 0.3) is 5.91 Å². The van der Waals surface area contributed by atoms with Gasteiger partial charge in [0, 0.05) is 24.8 Å². The third kappa shape index (κ3) is 4.93. The van der Waals surface area contributed by atoms with E-state index in [0.29, 0.717) is 17.8 Å². The lowest BCUT2D eigenvalue weighted by atomic mass is 10.1. The van der Waals surface area contributed by atoms with Crippen LogP contribution in [0.15, 0.2) is 54.6 Å². The Labute approximate surface area is 136 Å². The summed E-state index contributed by atoms with van der Waals surface area (Å²) in [6, 6.07) is 16.8. The van der Waals surface area contributed by atoms with Gasteiger partial charge in [0.15, 0.2) is 0 Å². The van der Waals surface area contributed by atoms with Crippen LogP contribution in [0.5, 0.6) is 0 Å². The van der Waals surface area contributed by atoms with E-state index >= 15 is 0 Å². The maximum Gasteiger partial charge on any atom is 0.253 e. The zero-order valence-corrected chi connectivity index (χ0v) is 13.4. The van der Waals surface area contributed by atoms with Gasteiger partial charge in [-0.3, -0.25) is 9.59 Å². The molecule has 0 radical (unpaired) electrons. The number of nitrogens with one attached hydrogen (secondary N) is 2. The molecule has 0 saturated heterocycles. The highest BCUT2D eigenvalue weighted by Gasteiger charge is 2.13. The van der Waals surface area contributed by atoms with Crippen molar-refractivity contribution in [1.29, 1.82) is 0 Å². The van der Waals surface area contributed by atoms with E-state index in [9.17, 15) is 9.59 Å². The van der Waals surface area contributed by atoms with Crippen LogP contribution in [0.3, 0.4) is 0 Å². The Balaban J connectivity index is 2.05. The summed E-state index contributed by atoms with van der Waals surface area (Å²) in [7, 11) is 3.47. The average Bonchev–Trinajstić information content (AvgIpc) is 2.55. The lowest BCUT2D eigenvalue weighted by molar-refractivity contribution is -0.115. The molecular weight excluding hydrogens is 290 g/mol. The molecular formula is C18H21N3O2. The van der Waals surface area contributed by atoms with Crippen LogP contribution < -0.4 is 10.6 Å². The molecule has 0 aliphatic heterocycles. The van der Waals surface area contributed by atoms with E-state index < -0.39 is 0 Å². The van der Waals surface area contributed by atoms with Gasteiger partial charge in [-0.1, -0.05) is 36.4 Å². The normalized spacial score (nSPS) is 10.2. The number of rotatable bonds is 6. The van der Waals surface area contributed by atoms with Gasteiger partial charge in [-0.25, -0.2) is 0 Å². The van der Waals surface area contributed by atoms with Crippen molar-refractivity contribution in [2.24, 2.45) is 0 Å². The van der Waals surface area contributed by atoms with Gasteiger partial charge in [0.2, 0.25) is 5.91 Å². The maximum absolute atomic E-state index is 12.5. The number of amides is 2. The number of nitrogens with zero attached hydrogens (tertiary/aromatic N) is 1. The van der Waals surface area contributed by atoms with Crippen LogP contribution >= 0.6 is 0 Å². The second-order valence-electron chi connectivity index (χ2n) is 5.31. The molecule has 5 nitrogen and oxygen atoms in total. The molecule has 0 fully saturated rings. The minimum absolute atomic E-state index is 0.0847. The quantitative estimate of drug-likeness (QED) is 0.859. The smallest absolute Gasteiger partial charge is 0.253 e. The van der Waals surface area contributed by atoms with Gasteiger partial charge in [-0.15, -0.1) is 0 Å². The third-order valence-electron chi connectivity index (χ3n) is 3.34. The second kappa shape index (κ2) is 8.10. The number of anilines is 1. The Kier molecular flexibility index (Phi) is 5.88. The van der Waals surface area contributed by atoms with Crippen LogP contribution in [0, 0.1) is 0 Å². The summed E-state index contributed by atoms with van der Waals surface area (Å²) in [5, 5.41) is 5.54. The number of hydrogen-bond acceptors (Lipinski definition) is 3. The Hall–Kier alpha value is -2.66. The van der Waals surface area contributed by atoms with Gasteiger partial charge in [0.05, 0.1) is 6.54 Å². The fourth-order valence-electron chi connectivity index (χ4n) is 2.25.